The first-order valence-electron chi connectivity index (χ1n) is 13.4. The minimum atomic E-state index is 0.00828. The summed E-state index contributed by atoms with van der Waals surface area (Å²) in [4.78, 5) is 2.49. The molecule has 5 nitrogen and oxygen atoms in total. The van der Waals surface area contributed by atoms with Crippen LogP contribution < -0.4 is 4.74 Å². The van der Waals surface area contributed by atoms with Crippen molar-refractivity contribution in [2.75, 3.05) is 26.2 Å². The number of rotatable bonds is 8. The summed E-state index contributed by atoms with van der Waals surface area (Å²) in [6.45, 7) is 6.24. The number of pyridine rings is 1. The normalized spacial score (nSPS) is 14.6. The number of aliphatic hydroxyl groups excluding tert-OH is 1. The van der Waals surface area contributed by atoms with Gasteiger partial charge >= 0.3 is 0 Å². The van der Waals surface area contributed by atoms with Crippen molar-refractivity contribution in [3.63, 3.8) is 0 Å². The number of aryl methyl sites for hydroxylation is 1. The van der Waals surface area contributed by atoms with Gasteiger partial charge in [-0.3, -0.25) is 4.90 Å². The standard InChI is InChI=1S/C32H34N2O3/c1-2-28-30-19-22(21-35)18-25-20-29(32(34(25)30)31(28)24-6-10-26(36)11-7-24)23-8-12-27(13-9-23)37-17-16-33-14-4-3-5-15-33/h6-13,18-20,35-36H,2-5,14-17,21H2,1H3. The molecule has 0 spiro atoms. The number of phenolic OH excluding ortho intramolecular Hbond substituents is 1. The van der Waals surface area contributed by atoms with Crippen molar-refractivity contribution < 1.29 is 14.9 Å². The van der Waals surface area contributed by atoms with Crippen LogP contribution in [0, 0.1) is 0 Å². The maximum absolute atomic E-state index is 9.94. The number of hydrogen-bond donors (Lipinski definition) is 2. The molecule has 0 radical (unpaired) electrons. The first-order valence-corrected chi connectivity index (χ1v) is 13.4. The number of ether oxygens (including phenoxy) is 1. The molecule has 1 aliphatic heterocycles. The predicted molar refractivity (Wildman–Crippen MR) is 150 cm³/mol. The molecule has 5 heteroatoms. The summed E-state index contributed by atoms with van der Waals surface area (Å²) in [7, 11) is 0. The molecule has 0 bridgehead atoms. The number of nitrogens with zero attached hydrogens (tertiary/aromatic N) is 2. The number of likely N-dealkylation sites (tertiary alicyclic amines) is 1. The van der Waals surface area contributed by atoms with Crippen LogP contribution in [0.4, 0.5) is 0 Å². The van der Waals surface area contributed by atoms with Crippen molar-refractivity contribution in [1.82, 2.24) is 9.30 Å². The van der Waals surface area contributed by atoms with Gasteiger partial charge in [0.1, 0.15) is 18.1 Å². The molecule has 1 aliphatic rings. The largest absolute Gasteiger partial charge is 0.508 e. The molecule has 0 aliphatic carbocycles. The highest BCUT2D eigenvalue weighted by Crippen LogP contribution is 2.43. The summed E-state index contributed by atoms with van der Waals surface area (Å²) in [6, 6.07) is 22.3. The minimum Gasteiger partial charge on any atom is -0.508 e. The summed E-state index contributed by atoms with van der Waals surface area (Å²) < 4.78 is 8.40. The van der Waals surface area contributed by atoms with E-state index in [2.05, 4.69) is 58.7 Å². The third kappa shape index (κ3) is 4.43. The number of aliphatic hydroxyl groups is 1. The van der Waals surface area contributed by atoms with Crippen LogP contribution in [0.3, 0.4) is 0 Å². The molecule has 190 valence electrons. The van der Waals surface area contributed by atoms with E-state index < -0.39 is 0 Å². The Morgan fingerprint density at radius 3 is 2.30 bits per heavy atom. The van der Waals surface area contributed by atoms with Gasteiger partial charge in [0.05, 0.1) is 17.6 Å². The fourth-order valence-electron chi connectivity index (χ4n) is 5.92. The highest BCUT2D eigenvalue weighted by atomic mass is 16.5. The van der Waals surface area contributed by atoms with Crippen molar-refractivity contribution in [2.45, 2.75) is 39.2 Å². The van der Waals surface area contributed by atoms with Gasteiger partial charge in [-0.25, -0.2) is 0 Å². The molecule has 5 aromatic rings. The summed E-state index contributed by atoms with van der Waals surface area (Å²) in [5.41, 5.74) is 10.1. The van der Waals surface area contributed by atoms with Gasteiger partial charge < -0.3 is 19.4 Å². The highest BCUT2D eigenvalue weighted by molar-refractivity contribution is 6.04. The molecule has 0 atom stereocenters. The van der Waals surface area contributed by atoms with Crippen LogP contribution in [0.1, 0.15) is 37.3 Å². The Morgan fingerprint density at radius 2 is 1.59 bits per heavy atom. The third-order valence-corrected chi connectivity index (χ3v) is 7.76. The second-order valence-corrected chi connectivity index (χ2v) is 10.1. The van der Waals surface area contributed by atoms with Gasteiger partial charge in [0.25, 0.3) is 0 Å². The number of aromatic hydroxyl groups is 1. The number of phenols is 1. The lowest BCUT2D eigenvalue weighted by Crippen LogP contribution is -2.33. The van der Waals surface area contributed by atoms with E-state index in [-0.39, 0.29) is 12.4 Å². The second-order valence-electron chi connectivity index (χ2n) is 10.1. The van der Waals surface area contributed by atoms with Crippen LogP contribution >= 0.6 is 0 Å². The van der Waals surface area contributed by atoms with E-state index >= 15 is 0 Å². The molecule has 6 rings (SSSR count). The lowest BCUT2D eigenvalue weighted by atomic mass is 9.96. The average Bonchev–Trinajstić information content (AvgIpc) is 3.48. The fourth-order valence-corrected chi connectivity index (χ4v) is 5.92. The molecule has 0 saturated carbocycles. The van der Waals surface area contributed by atoms with Gasteiger partial charge in [-0.2, -0.15) is 0 Å². The van der Waals surface area contributed by atoms with Crippen molar-refractivity contribution in [2.24, 2.45) is 0 Å². The topological polar surface area (TPSA) is 57.3 Å². The molecule has 2 N–H and O–H groups in total. The molecule has 37 heavy (non-hydrogen) atoms. The van der Waals surface area contributed by atoms with Gasteiger partial charge in [0.2, 0.25) is 0 Å². The molecule has 1 fully saturated rings. The van der Waals surface area contributed by atoms with E-state index in [1.165, 1.54) is 43.5 Å². The highest BCUT2D eigenvalue weighted by Gasteiger charge is 2.23. The number of piperidine rings is 1. The predicted octanol–water partition coefficient (Wildman–Crippen LogP) is 6.49. The Labute approximate surface area is 217 Å². The van der Waals surface area contributed by atoms with Crippen LogP contribution in [0.5, 0.6) is 11.5 Å². The van der Waals surface area contributed by atoms with Crippen LogP contribution in [-0.4, -0.2) is 45.8 Å². The van der Waals surface area contributed by atoms with E-state index in [9.17, 15) is 10.2 Å². The Balaban J connectivity index is 1.39. The van der Waals surface area contributed by atoms with Gasteiger partial charge in [0, 0.05) is 23.2 Å². The monoisotopic (exact) mass is 494 g/mol. The zero-order chi connectivity index (χ0) is 25.4. The zero-order valence-corrected chi connectivity index (χ0v) is 21.4. The molecule has 3 aromatic heterocycles. The van der Waals surface area contributed by atoms with E-state index in [0.29, 0.717) is 6.61 Å². The van der Waals surface area contributed by atoms with Crippen LogP contribution in [0.25, 0.3) is 38.8 Å². The van der Waals surface area contributed by atoms with E-state index in [1.807, 2.05) is 12.1 Å². The summed E-state index contributed by atoms with van der Waals surface area (Å²) in [5.74, 6) is 1.16. The maximum Gasteiger partial charge on any atom is 0.119 e. The van der Waals surface area contributed by atoms with Crippen LogP contribution in [0.15, 0.2) is 66.7 Å². The van der Waals surface area contributed by atoms with Gasteiger partial charge in [-0.15, -0.1) is 0 Å². The lowest BCUT2D eigenvalue weighted by Gasteiger charge is -2.26. The number of benzene rings is 2. The Hall–Kier alpha value is -3.54. The minimum absolute atomic E-state index is 0.00828. The Bertz CT molecular complexity index is 1500. The van der Waals surface area contributed by atoms with Crippen molar-refractivity contribution in [1.29, 1.82) is 0 Å². The first kappa shape index (κ1) is 23.8. The SMILES string of the molecule is CCc1c(-c2ccc(O)cc2)c2c(-c3ccc(OCCN4CCCCC4)cc3)cc3cc(CO)cc1n32. The lowest BCUT2D eigenvalue weighted by molar-refractivity contribution is 0.183. The summed E-state index contributed by atoms with van der Waals surface area (Å²) >= 11 is 0. The quantitative estimate of drug-likeness (QED) is 0.259. The molecular formula is C32H34N2O3. The summed E-state index contributed by atoms with van der Waals surface area (Å²) in [6.07, 6.45) is 4.81. The number of hydrogen-bond acceptors (Lipinski definition) is 4. The smallest absolute Gasteiger partial charge is 0.119 e. The second kappa shape index (κ2) is 10.1. The van der Waals surface area contributed by atoms with Crippen LogP contribution in [-0.2, 0) is 13.0 Å². The van der Waals surface area contributed by atoms with Crippen molar-refractivity contribution in [3.05, 3.63) is 77.9 Å². The molecule has 4 heterocycles. The molecule has 0 unspecified atom stereocenters. The van der Waals surface area contributed by atoms with E-state index in [1.54, 1.807) is 12.1 Å². The molecule has 2 aromatic carbocycles. The number of aromatic nitrogens is 1. The van der Waals surface area contributed by atoms with E-state index in [0.717, 1.165) is 57.5 Å². The maximum atomic E-state index is 9.94. The molecule has 0 amide bonds. The van der Waals surface area contributed by atoms with Crippen molar-refractivity contribution >= 4 is 16.6 Å². The van der Waals surface area contributed by atoms with E-state index in [4.69, 9.17) is 4.74 Å². The Morgan fingerprint density at radius 1 is 0.865 bits per heavy atom. The fraction of sp³-hybridized carbons (Fsp3) is 0.312. The first-order chi connectivity index (χ1) is 18.2. The zero-order valence-electron chi connectivity index (χ0n) is 21.4. The van der Waals surface area contributed by atoms with Crippen molar-refractivity contribution in [3.8, 4) is 33.8 Å². The Kier molecular flexibility index (Phi) is 6.49. The summed E-state index contributed by atoms with van der Waals surface area (Å²) in [5, 5.41) is 19.9. The van der Waals surface area contributed by atoms with Gasteiger partial charge in [-0.1, -0.05) is 37.6 Å². The van der Waals surface area contributed by atoms with Gasteiger partial charge in [-0.05, 0) is 97.1 Å². The van der Waals surface area contributed by atoms with Gasteiger partial charge in [0.15, 0.2) is 0 Å². The molecular weight excluding hydrogens is 460 g/mol. The molecule has 1 saturated heterocycles. The van der Waals surface area contributed by atoms with Crippen LogP contribution in [0.2, 0.25) is 0 Å². The third-order valence-electron chi connectivity index (χ3n) is 7.76. The average molecular weight is 495 g/mol.